The summed E-state index contributed by atoms with van der Waals surface area (Å²) in [7, 11) is 0. The lowest BCUT2D eigenvalue weighted by Gasteiger charge is -2.28. The summed E-state index contributed by atoms with van der Waals surface area (Å²) in [6.07, 6.45) is 2.34. The molecule has 0 N–H and O–H groups in total. The summed E-state index contributed by atoms with van der Waals surface area (Å²) in [4.78, 5) is 0. The Morgan fingerprint density at radius 2 is 1.38 bits per heavy atom. The molecule has 3 rings (SSSR count). The normalized spacial score (nSPS) is 14.0. The SMILES string of the molecule is CC(C)(C)c1cc2c(c(C(C)(C)C)c1)-c1ccccc1[CH]2. The van der Waals surface area contributed by atoms with Crippen molar-refractivity contribution in [1.29, 1.82) is 0 Å². The van der Waals surface area contributed by atoms with Gasteiger partial charge in [0.15, 0.2) is 0 Å². The summed E-state index contributed by atoms with van der Waals surface area (Å²) in [5, 5.41) is 0. The average molecular weight is 277 g/mol. The molecule has 1 radical (unpaired) electrons. The summed E-state index contributed by atoms with van der Waals surface area (Å²) in [5.41, 5.74) is 8.77. The highest BCUT2D eigenvalue weighted by Crippen LogP contribution is 2.45. The van der Waals surface area contributed by atoms with Gasteiger partial charge in [-0.15, -0.1) is 0 Å². The first kappa shape index (κ1) is 14.4. The van der Waals surface area contributed by atoms with E-state index >= 15 is 0 Å². The van der Waals surface area contributed by atoms with Gasteiger partial charge in [0.2, 0.25) is 0 Å². The van der Waals surface area contributed by atoms with Gasteiger partial charge in [-0.3, -0.25) is 0 Å². The average Bonchev–Trinajstić information content (AvgIpc) is 2.73. The summed E-state index contributed by atoms with van der Waals surface area (Å²) in [5.74, 6) is 0. The van der Waals surface area contributed by atoms with Crippen LogP contribution in [0.5, 0.6) is 0 Å². The smallest absolute Gasteiger partial charge is 0.0212 e. The van der Waals surface area contributed by atoms with Gasteiger partial charge in [-0.1, -0.05) is 77.9 Å². The van der Waals surface area contributed by atoms with Gasteiger partial charge in [-0.2, -0.15) is 0 Å². The van der Waals surface area contributed by atoms with E-state index in [1.165, 1.54) is 33.4 Å². The molecule has 0 heteroatoms. The number of fused-ring (bicyclic) bond motifs is 3. The van der Waals surface area contributed by atoms with E-state index < -0.39 is 0 Å². The Morgan fingerprint density at radius 1 is 0.714 bits per heavy atom. The highest BCUT2D eigenvalue weighted by atomic mass is 14.3. The molecular weight excluding hydrogens is 252 g/mol. The third-order valence-corrected chi connectivity index (χ3v) is 4.38. The van der Waals surface area contributed by atoms with Crippen LogP contribution in [0.3, 0.4) is 0 Å². The minimum atomic E-state index is 0.149. The molecule has 0 atom stereocenters. The molecule has 0 nitrogen and oxygen atoms in total. The van der Waals surface area contributed by atoms with Crippen LogP contribution in [-0.4, -0.2) is 0 Å². The molecule has 2 aromatic carbocycles. The van der Waals surface area contributed by atoms with Gasteiger partial charge < -0.3 is 0 Å². The molecular formula is C21H25. The van der Waals surface area contributed by atoms with Crippen molar-refractivity contribution >= 4 is 0 Å². The van der Waals surface area contributed by atoms with Crippen molar-refractivity contribution in [3.8, 4) is 11.1 Å². The van der Waals surface area contributed by atoms with Gasteiger partial charge in [-0.25, -0.2) is 0 Å². The summed E-state index contributed by atoms with van der Waals surface area (Å²) in [6, 6.07) is 13.6. The first-order chi connectivity index (χ1) is 9.68. The van der Waals surface area contributed by atoms with Crippen LogP contribution in [-0.2, 0) is 10.8 Å². The van der Waals surface area contributed by atoms with Crippen LogP contribution in [0, 0.1) is 6.42 Å². The van der Waals surface area contributed by atoms with E-state index in [1.54, 1.807) is 0 Å². The molecule has 0 bridgehead atoms. The molecule has 0 unspecified atom stereocenters. The van der Waals surface area contributed by atoms with Gasteiger partial charge in [-0.05, 0) is 44.2 Å². The van der Waals surface area contributed by atoms with Crippen molar-refractivity contribution in [3.63, 3.8) is 0 Å². The molecule has 1 aliphatic carbocycles. The van der Waals surface area contributed by atoms with Gasteiger partial charge in [0.1, 0.15) is 0 Å². The maximum Gasteiger partial charge on any atom is 0.0212 e. The zero-order chi connectivity index (χ0) is 15.4. The maximum atomic E-state index is 2.43. The Kier molecular flexibility index (Phi) is 3.06. The van der Waals surface area contributed by atoms with Gasteiger partial charge >= 0.3 is 0 Å². The van der Waals surface area contributed by atoms with Gasteiger partial charge in [0.25, 0.3) is 0 Å². The fraction of sp³-hybridized carbons (Fsp3) is 0.381. The zero-order valence-electron chi connectivity index (χ0n) is 14.0. The molecule has 2 aromatic rings. The van der Waals surface area contributed by atoms with Crippen LogP contribution >= 0.6 is 0 Å². The molecule has 0 spiro atoms. The molecule has 0 saturated heterocycles. The highest BCUT2D eigenvalue weighted by molar-refractivity contribution is 5.84. The monoisotopic (exact) mass is 277 g/mol. The summed E-state index contributed by atoms with van der Waals surface area (Å²) in [6.45, 7) is 13.8. The van der Waals surface area contributed by atoms with Gasteiger partial charge in [0.05, 0.1) is 0 Å². The quantitative estimate of drug-likeness (QED) is 0.482. The predicted octanol–water partition coefficient (Wildman–Crippen LogP) is 5.86. The third-order valence-electron chi connectivity index (χ3n) is 4.38. The fourth-order valence-electron chi connectivity index (χ4n) is 3.12. The Morgan fingerprint density at radius 3 is 2.00 bits per heavy atom. The van der Waals surface area contributed by atoms with Crippen LogP contribution in [0.2, 0.25) is 0 Å². The second-order valence-corrected chi connectivity index (χ2v) is 8.22. The molecule has 1 aliphatic rings. The molecule has 0 heterocycles. The molecule has 109 valence electrons. The van der Waals surface area contributed by atoms with E-state index in [-0.39, 0.29) is 10.8 Å². The predicted molar refractivity (Wildman–Crippen MR) is 91.8 cm³/mol. The standard InChI is InChI=1S/C21H25/c1-20(2,3)16-12-15-11-14-9-7-8-10-17(14)19(15)18(13-16)21(4,5)6/h7-13H,1-6H3. The van der Waals surface area contributed by atoms with E-state index in [1.807, 2.05) is 0 Å². The van der Waals surface area contributed by atoms with Crippen LogP contribution in [0.4, 0.5) is 0 Å². The Hall–Kier alpha value is -1.56. The topological polar surface area (TPSA) is 0 Å². The molecule has 0 fully saturated rings. The lowest BCUT2D eigenvalue weighted by atomic mass is 9.76. The zero-order valence-corrected chi connectivity index (χ0v) is 14.0. The maximum absolute atomic E-state index is 2.43. The summed E-state index contributed by atoms with van der Waals surface area (Å²) >= 11 is 0. The van der Waals surface area contributed by atoms with Crippen LogP contribution in [0.25, 0.3) is 11.1 Å². The first-order valence-corrected chi connectivity index (χ1v) is 7.81. The van der Waals surface area contributed by atoms with Crippen molar-refractivity contribution in [2.75, 3.05) is 0 Å². The molecule has 0 amide bonds. The first-order valence-electron chi connectivity index (χ1n) is 7.81. The lowest BCUT2D eigenvalue weighted by molar-refractivity contribution is 0.569. The van der Waals surface area contributed by atoms with E-state index in [4.69, 9.17) is 0 Å². The number of hydrogen-bond donors (Lipinski definition) is 0. The van der Waals surface area contributed by atoms with E-state index in [2.05, 4.69) is 84.4 Å². The summed E-state index contributed by atoms with van der Waals surface area (Å²) < 4.78 is 0. The Labute approximate surface area is 129 Å². The van der Waals surface area contributed by atoms with Crippen molar-refractivity contribution in [1.82, 2.24) is 0 Å². The van der Waals surface area contributed by atoms with E-state index in [0.29, 0.717) is 0 Å². The lowest BCUT2D eigenvalue weighted by Crippen LogP contribution is -2.17. The third kappa shape index (κ3) is 2.41. The molecule has 21 heavy (non-hydrogen) atoms. The second-order valence-electron chi connectivity index (χ2n) is 8.22. The van der Waals surface area contributed by atoms with Crippen molar-refractivity contribution in [2.45, 2.75) is 52.4 Å². The number of hydrogen-bond acceptors (Lipinski definition) is 0. The number of benzene rings is 2. The van der Waals surface area contributed by atoms with Crippen LogP contribution in [0.1, 0.15) is 63.8 Å². The molecule has 0 aliphatic heterocycles. The van der Waals surface area contributed by atoms with Crippen molar-refractivity contribution < 1.29 is 0 Å². The molecule has 0 saturated carbocycles. The number of rotatable bonds is 0. The van der Waals surface area contributed by atoms with Crippen LogP contribution in [0.15, 0.2) is 36.4 Å². The van der Waals surface area contributed by atoms with E-state index in [9.17, 15) is 0 Å². The Bertz CT molecular complexity index is 691. The van der Waals surface area contributed by atoms with E-state index in [0.717, 1.165) is 0 Å². The fourth-order valence-corrected chi connectivity index (χ4v) is 3.12. The highest BCUT2D eigenvalue weighted by Gasteiger charge is 2.29. The van der Waals surface area contributed by atoms with Gasteiger partial charge in [0, 0.05) is 6.42 Å². The Balaban J connectivity index is 2.31. The second kappa shape index (κ2) is 4.47. The minimum absolute atomic E-state index is 0.149. The largest absolute Gasteiger partial charge is 0.0619 e. The molecule has 0 aromatic heterocycles. The van der Waals surface area contributed by atoms with Crippen molar-refractivity contribution in [2.24, 2.45) is 0 Å². The van der Waals surface area contributed by atoms with Crippen LogP contribution < -0.4 is 0 Å². The minimum Gasteiger partial charge on any atom is -0.0619 e. The van der Waals surface area contributed by atoms with Crippen molar-refractivity contribution in [3.05, 3.63) is 65.1 Å².